The Morgan fingerprint density at radius 2 is 2.06 bits per heavy atom. The molecule has 0 aliphatic rings. The first-order valence-electron chi connectivity index (χ1n) is 5.59. The minimum atomic E-state index is -3.27. The van der Waals surface area contributed by atoms with Gasteiger partial charge in [-0.1, -0.05) is 12.1 Å². The lowest BCUT2D eigenvalue weighted by Crippen LogP contribution is -2.15. The third-order valence-electron chi connectivity index (χ3n) is 2.30. The average molecular weight is 257 g/mol. The molecule has 0 spiro atoms. The van der Waals surface area contributed by atoms with Gasteiger partial charge in [0.05, 0.1) is 23.4 Å². The zero-order valence-electron chi connectivity index (χ0n) is 10.2. The fourth-order valence-electron chi connectivity index (χ4n) is 1.38. The van der Waals surface area contributed by atoms with E-state index < -0.39 is 9.84 Å². The van der Waals surface area contributed by atoms with E-state index >= 15 is 0 Å². The van der Waals surface area contributed by atoms with Crippen LogP contribution in [0.4, 0.5) is 0 Å². The highest BCUT2D eigenvalue weighted by molar-refractivity contribution is 7.91. The summed E-state index contributed by atoms with van der Waals surface area (Å²) in [5, 5.41) is 0. The quantitative estimate of drug-likeness (QED) is 0.835. The maximum Gasteiger partial charge on any atom is 0.180 e. The highest BCUT2D eigenvalue weighted by Gasteiger charge is 2.14. The second kappa shape index (κ2) is 6.14. The zero-order valence-corrected chi connectivity index (χ0v) is 11.0. The highest BCUT2D eigenvalue weighted by Crippen LogP contribution is 2.13. The van der Waals surface area contributed by atoms with Gasteiger partial charge in [-0.3, -0.25) is 0 Å². The Morgan fingerprint density at radius 1 is 1.35 bits per heavy atom. The van der Waals surface area contributed by atoms with E-state index in [9.17, 15) is 8.42 Å². The number of ether oxygens (including phenoxy) is 1. The van der Waals surface area contributed by atoms with Crippen molar-refractivity contribution in [1.29, 1.82) is 0 Å². The largest absolute Gasteiger partial charge is 0.378 e. The van der Waals surface area contributed by atoms with Gasteiger partial charge in [-0.2, -0.15) is 0 Å². The molecule has 0 fully saturated rings. The number of hydrogen-bond donors (Lipinski definition) is 1. The van der Waals surface area contributed by atoms with E-state index in [-0.39, 0.29) is 18.5 Å². The number of nitrogens with two attached hydrogens (primary N) is 1. The summed E-state index contributed by atoms with van der Waals surface area (Å²) in [4.78, 5) is 0.313. The molecule has 96 valence electrons. The lowest BCUT2D eigenvalue weighted by atomic mass is 10.2. The van der Waals surface area contributed by atoms with Crippen molar-refractivity contribution in [3.63, 3.8) is 0 Å². The van der Waals surface area contributed by atoms with Crippen LogP contribution in [0.5, 0.6) is 0 Å². The maximum atomic E-state index is 12.0. The summed E-state index contributed by atoms with van der Waals surface area (Å²) in [6.07, 6.45) is 0.0422. The molecular formula is C12H19NO3S. The first-order valence-corrected chi connectivity index (χ1v) is 7.24. The van der Waals surface area contributed by atoms with E-state index in [2.05, 4.69) is 0 Å². The van der Waals surface area contributed by atoms with Crippen molar-refractivity contribution < 1.29 is 13.2 Å². The topological polar surface area (TPSA) is 69.4 Å². The van der Waals surface area contributed by atoms with Crippen LogP contribution >= 0.6 is 0 Å². The molecule has 0 heterocycles. The summed E-state index contributed by atoms with van der Waals surface area (Å²) in [5.41, 5.74) is 6.30. The van der Waals surface area contributed by atoms with E-state index in [1.54, 1.807) is 18.2 Å². The van der Waals surface area contributed by atoms with E-state index in [0.29, 0.717) is 11.4 Å². The van der Waals surface area contributed by atoms with E-state index in [4.69, 9.17) is 10.5 Å². The van der Waals surface area contributed by atoms with Crippen LogP contribution in [0.15, 0.2) is 29.2 Å². The molecule has 0 atom stereocenters. The smallest absolute Gasteiger partial charge is 0.180 e. The van der Waals surface area contributed by atoms with Crippen LogP contribution < -0.4 is 5.73 Å². The summed E-state index contributed by atoms with van der Waals surface area (Å²) in [5.74, 6) is -0.000789. The van der Waals surface area contributed by atoms with Crippen LogP contribution in [0.1, 0.15) is 19.4 Å². The molecule has 1 rings (SSSR count). The molecule has 1 aromatic rings. The molecule has 0 amide bonds. The predicted octanol–water partition coefficient (Wildman–Crippen LogP) is 1.34. The molecule has 0 aliphatic carbocycles. The van der Waals surface area contributed by atoms with Crippen LogP contribution in [-0.4, -0.2) is 26.9 Å². The molecule has 1 aromatic carbocycles. The van der Waals surface area contributed by atoms with E-state index in [1.807, 2.05) is 19.9 Å². The number of sulfone groups is 1. The van der Waals surface area contributed by atoms with Gasteiger partial charge < -0.3 is 10.5 Å². The monoisotopic (exact) mass is 257 g/mol. The van der Waals surface area contributed by atoms with Gasteiger partial charge in [0.2, 0.25) is 0 Å². The minimum absolute atomic E-state index is 0.000789. The van der Waals surface area contributed by atoms with Crippen molar-refractivity contribution >= 4 is 9.84 Å². The highest BCUT2D eigenvalue weighted by atomic mass is 32.2. The first kappa shape index (κ1) is 14.2. The van der Waals surface area contributed by atoms with Crippen LogP contribution in [0.25, 0.3) is 0 Å². The molecule has 4 nitrogen and oxygen atoms in total. The molecule has 0 bridgehead atoms. The number of rotatable bonds is 6. The number of hydrogen-bond acceptors (Lipinski definition) is 4. The van der Waals surface area contributed by atoms with Crippen LogP contribution in [0.2, 0.25) is 0 Å². The van der Waals surface area contributed by atoms with Gasteiger partial charge in [-0.25, -0.2) is 8.42 Å². The van der Waals surface area contributed by atoms with Gasteiger partial charge in [0, 0.05) is 6.54 Å². The zero-order chi connectivity index (χ0) is 12.9. The van der Waals surface area contributed by atoms with Gasteiger partial charge >= 0.3 is 0 Å². The normalized spacial score (nSPS) is 12.0. The van der Waals surface area contributed by atoms with Gasteiger partial charge in [-0.05, 0) is 31.5 Å². The second-order valence-corrected chi connectivity index (χ2v) is 6.20. The fourth-order valence-corrected chi connectivity index (χ4v) is 2.55. The molecule has 0 unspecified atom stereocenters. The SMILES string of the molecule is CC(C)OCCS(=O)(=O)c1cccc(CN)c1. The third-order valence-corrected chi connectivity index (χ3v) is 3.97. The fraction of sp³-hybridized carbons (Fsp3) is 0.500. The Balaban J connectivity index is 2.75. The predicted molar refractivity (Wildman–Crippen MR) is 67.5 cm³/mol. The van der Waals surface area contributed by atoms with Gasteiger partial charge in [-0.15, -0.1) is 0 Å². The van der Waals surface area contributed by atoms with Crippen molar-refractivity contribution in [2.24, 2.45) is 5.73 Å². The molecule has 0 saturated carbocycles. The van der Waals surface area contributed by atoms with Crippen molar-refractivity contribution in [1.82, 2.24) is 0 Å². The van der Waals surface area contributed by atoms with Gasteiger partial charge in [0.1, 0.15) is 0 Å². The van der Waals surface area contributed by atoms with Gasteiger partial charge in [0.25, 0.3) is 0 Å². The lowest BCUT2D eigenvalue weighted by Gasteiger charge is -2.09. The summed E-state index contributed by atoms with van der Waals surface area (Å²) >= 11 is 0. The number of benzene rings is 1. The Morgan fingerprint density at radius 3 is 2.65 bits per heavy atom. The Hall–Kier alpha value is -0.910. The third kappa shape index (κ3) is 4.46. The van der Waals surface area contributed by atoms with Crippen molar-refractivity contribution in [3.05, 3.63) is 29.8 Å². The molecule has 0 aliphatic heterocycles. The summed E-state index contributed by atoms with van der Waals surface area (Å²) in [6, 6.07) is 6.72. The molecule has 2 N–H and O–H groups in total. The average Bonchev–Trinajstić information content (AvgIpc) is 2.28. The molecule has 0 radical (unpaired) electrons. The van der Waals surface area contributed by atoms with E-state index in [0.717, 1.165) is 5.56 Å². The summed E-state index contributed by atoms with van der Waals surface area (Å²) in [7, 11) is -3.27. The first-order chi connectivity index (χ1) is 7.95. The Kier molecular flexibility index (Phi) is 5.11. The standard InChI is InChI=1S/C12H19NO3S/c1-10(2)16-6-7-17(14,15)12-5-3-4-11(8-12)9-13/h3-5,8,10H,6-7,9,13H2,1-2H3. The lowest BCUT2D eigenvalue weighted by molar-refractivity contribution is 0.0912. The molecule has 0 saturated heterocycles. The van der Waals surface area contributed by atoms with E-state index in [1.165, 1.54) is 0 Å². The van der Waals surface area contributed by atoms with Crippen molar-refractivity contribution in [2.75, 3.05) is 12.4 Å². The second-order valence-electron chi connectivity index (χ2n) is 4.09. The van der Waals surface area contributed by atoms with Gasteiger partial charge in [0.15, 0.2) is 9.84 Å². The van der Waals surface area contributed by atoms with Crippen LogP contribution in [-0.2, 0) is 21.1 Å². The molecular weight excluding hydrogens is 238 g/mol. The molecule has 0 aromatic heterocycles. The van der Waals surface area contributed by atoms with Crippen LogP contribution in [0.3, 0.4) is 0 Å². The summed E-state index contributed by atoms with van der Waals surface area (Å²) < 4.78 is 29.2. The van der Waals surface area contributed by atoms with Crippen molar-refractivity contribution in [2.45, 2.75) is 31.4 Å². The molecule has 5 heteroatoms. The maximum absolute atomic E-state index is 12.0. The van der Waals surface area contributed by atoms with Crippen molar-refractivity contribution in [3.8, 4) is 0 Å². The molecule has 17 heavy (non-hydrogen) atoms. The van der Waals surface area contributed by atoms with Crippen LogP contribution in [0, 0.1) is 0 Å². The minimum Gasteiger partial charge on any atom is -0.378 e. The Labute approximate surface area is 103 Å². The Bertz CT molecular complexity index is 455. The summed E-state index contributed by atoms with van der Waals surface area (Å²) in [6.45, 7) is 4.31.